The number of anilines is 1. The smallest absolute Gasteiger partial charge is 0.304 e. The minimum absolute atomic E-state index is 0.0177. The van der Waals surface area contributed by atoms with E-state index in [1.807, 2.05) is 13.8 Å². The van der Waals surface area contributed by atoms with E-state index in [4.69, 9.17) is 0 Å². The zero-order valence-corrected chi connectivity index (χ0v) is 12.9. The second-order valence-corrected chi connectivity index (χ2v) is 8.09. The summed E-state index contributed by atoms with van der Waals surface area (Å²) >= 11 is 0.900. The summed E-state index contributed by atoms with van der Waals surface area (Å²) in [5, 5.41) is 14.2. The summed E-state index contributed by atoms with van der Waals surface area (Å²) in [4.78, 5) is 10.4. The Morgan fingerprint density at radius 1 is 1.50 bits per heavy atom. The molecule has 0 atom stereocenters. The van der Waals surface area contributed by atoms with E-state index in [1.54, 1.807) is 0 Å². The molecule has 0 radical (unpaired) electrons. The lowest BCUT2D eigenvalue weighted by molar-refractivity contribution is -0.383. The highest BCUT2D eigenvalue weighted by Crippen LogP contribution is 2.40. The van der Waals surface area contributed by atoms with Gasteiger partial charge in [0.1, 0.15) is 4.21 Å². The number of nitro groups is 1. The molecule has 0 spiro atoms. The molecule has 1 fully saturated rings. The SMILES string of the molecule is CCCNc1sc(S(=O)(=O)NC2(C)CC2)cc1[N+](=O)[O-]. The van der Waals surface area contributed by atoms with Crippen LogP contribution >= 0.6 is 11.3 Å². The zero-order valence-electron chi connectivity index (χ0n) is 11.3. The van der Waals surface area contributed by atoms with Gasteiger partial charge in [-0.1, -0.05) is 18.3 Å². The molecule has 9 heteroatoms. The minimum Gasteiger partial charge on any atom is -0.371 e. The first-order valence-corrected chi connectivity index (χ1v) is 8.63. The van der Waals surface area contributed by atoms with Crippen molar-refractivity contribution in [2.45, 2.75) is 42.9 Å². The molecule has 112 valence electrons. The van der Waals surface area contributed by atoms with Gasteiger partial charge in [-0.25, -0.2) is 13.1 Å². The molecule has 1 aliphatic carbocycles. The molecule has 0 saturated heterocycles. The van der Waals surface area contributed by atoms with E-state index in [-0.39, 0.29) is 14.9 Å². The van der Waals surface area contributed by atoms with Gasteiger partial charge >= 0.3 is 5.69 Å². The van der Waals surface area contributed by atoms with Crippen molar-refractivity contribution in [3.8, 4) is 0 Å². The molecule has 1 aromatic heterocycles. The standard InChI is InChI=1S/C11H17N3O4S2/c1-3-6-12-10-8(14(15)16)7-9(19-10)20(17,18)13-11(2)4-5-11/h7,12-13H,3-6H2,1-2H3. The van der Waals surface area contributed by atoms with Crippen LogP contribution in [-0.2, 0) is 10.0 Å². The normalized spacial score (nSPS) is 16.9. The van der Waals surface area contributed by atoms with Crippen LogP contribution in [0.4, 0.5) is 10.7 Å². The molecule has 20 heavy (non-hydrogen) atoms. The van der Waals surface area contributed by atoms with Crippen molar-refractivity contribution in [3.05, 3.63) is 16.2 Å². The molecule has 0 amide bonds. The lowest BCUT2D eigenvalue weighted by atomic mass is 10.4. The first-order valence-electron chi connectivity index (χ1n) is 6.33. The lowest BCUT2D eigenvalue weighted by Crippen LogP contribution is -2.33. The van der Waals surface area contributed by atoms with E-state index in [0.717, 1.165) is 36.7 Å². The van der Waals surface area contributed by atoms with Crippen molar-refractivity contribution in [2.75, 3.05) is 11.9 Å². The molecule has 1 aromatic rings. The second kappa shape index (κ2) is 5.30. The van der Waals surface area contributed by atoms with Crippen molar-refractivity contribution in [3.63, 3.8) is 0 Å². The Morgan fingerprint density at radius 2 is 2.15 bits per heavy atom. The molecule has 0 bridgehead atoms. The number of nitrogens with zero attached hydrogens (tertiary/aromatic N) is 1. The molecule has 2 rings (SSSR count). The van der Waals surface area contributed by atoms with Crippen LogP contribution in [0.1, 0.15) is 33.1 Å². The third kappa shape index (κ3) is 3.28. The number of sulfonamides is 1. The quantitative estimate of drug-likeness (QED) is 0.593. The van der Waals surface area contributed by atoms with Crippen molar-refractivity contribution >= 4 is 32.0 Å². The van der Waals surface area contributed by atoms with Crippen LogP contribution in [0.25, 0.3) is 0 Å². The van der Waals surface area contributed by atoms with Crippen LogP contribution < -0.4 is 10.0 Å². The minimum atomic E-state index is -3.69. The van der Waals surface area contributed by atoms with Gasteiger partial charge in [0, 0.05) is 18.2 Å². The largest absolute Gasteiger partial charge is 0.371 e. The molecule has 2 N–H and O–H groups in total. The van der Waals surface area contributed by atoms with Gasteiger partial charge in [0.15, 0.2) is 5.00 Å². The Bertz CT molecular complexity index is 620. The van der Waals surface area contributed by atoms with Gasteiger partial charge in [0.25, 0.3) is 10.0 Å². The van der Waals surface area contributed by atoms with Crippen molar-refractivity contribution < 1.29 is 13.3 Å². The molecule has 0 unspecified atom stereocenters. The van der Waals surface area contributed by atoms with Crippen molar-refractivity contribution in [1.29, 1.82) is 0 Å². The maximum absolute atomic E-state index is 12.2. The van der Waals surface area contributed by atoms with E-state index in [1.165, 1.54) is 0 Å². The maximum atomic E-state index is 12.2. The summed E-state index contributed by atoms with van der Waals surface area (Å²) in [7, 11) is -3.69. The van der Waals surface area contributed by atoms with Crippen LogP contribution in [0.2, 0.25) is 0 Å². The van der Waals surface area contributed by atoms with Crippen molar-refractivity contribution in [2.24, 2.45) is 0 Å². The summed E-state index contributed by atoms with van der Waals surface area (Å²) in [6.07, 6.45) is 2.38. The van der Waals surface area contributed by atoms with Gasteiger partial charge in [-0.2, -0.15) is 0 Å². The summed E-state index contributed by atoms with van der Waals surface area (Å²) in [6.45, 7) is 4.31. The van der Waals surface area contributed by atoms with Gasteiger partial charge in [-0.3, -0.25) is 10.1 Å². The molecular formula is C11H17N3O4S2. The highest BCUT2D eigenvalue weighted by Gasteiger charge is 2.42. The van der Waals surface area contributed by atoms with E-state index in [0.29, 0.717) is 6.54 Å². The average Bonchev–Trinajstić information content (AvgIpc) is 2.91. The third-order valence-electron chi connectivity index (χ3n) is 3.07. The van der Waals surface area contributed by atoms with Crippen LogP contribution in [-0.4, -0.2) is 25.4 Å². The number of hydrogen-bond donors (Lipinski definition) is 2. The van der Waals surface area contributed by atoms with Crippen LogP contribution in [0.15, 0.2) is 10.3 Å². The summed E-state index contributed by atoms with van der Waals surface area (Å²) in [5.41, 5.74) is -0.584. The van der Waals surface area contributed by atoms with Crippen molar-refractivity contribution in [1.82, 2.24) is 4.72 Å². The Labute approximate surface area is 121 Å². The number of thiophene rings is 1. The van der Waals surface area contributed by atoms with Gasteiger partial charge in [-0.05, 0) is 26.2 Å². The average molecular weight is 319 g/mol. The Balaban J connectivity index is 2.29. The zero-order chi connectivity index (χ0) is 15.0. The number of nitrogens with one attached hydrogen (secondary N) is 2. The lowest BCUT2D eigenvalue weighted by Gasteiger charge is -2.09. The molecule has 1 aliphatic rings. The van der Waals surface area contributed by atoms with E-state index >= 15 is 0 Å². The summed E-state index contributed by atoms with van der Waals surface area (Å²) in [5.74, 6) is 0. The van der Waals surface area contributed by atoms with Gasteiger partial charge < -0.3 is 5.32 Å². The van der Waals surface area contributed by atoms with Crippen LogP contribution in [0, 0.1) is 10.1 Å². The van der Waals surface area contributed by atoms with E-state index in [2.05, 4.69) is 10.0 Å². The Morgan fingerprint density at radius 3 is 2.65 bits per heavy atom. The van der Waals surface area contributed by atoms with E-state index < -0.39 is 20.5 Å². The van der Waals surface area contributed by atoms with E-state index in [9.17, 15) is 18.5 Å². The fraction of sp³-hybridized carbons (Fsp3) is 0.636. The highest BCUT2D eigenvalue weighted by molar-refractivity contribution is 7.91. The fourth-order valence-corrected chi connectivity index (χ4v) is 4.48. The molecule has 7 nitrogen and oxygen atoms in total. The fourth-order valence-electron chi connectivity index (χ4n) is 1.66. The number of hydrogen-bond acceptors (Lipinski definition) is 6. The van der Waals surface area contributed by atoms with Gasteiger partial charge in [0.05, 0.1) is 4.92 Å². The third-order valence-corrected chi connectivity index (χ3v) is 6.26. The topological polar surface area (TPSA) is 101 Å². The monoisotopic (exact) mass is 319 g/mol. The second-order valence-electron chi connectivity index (χ2n) is 5.13. The highest BCUT2D eigenvalue weighted by atomic mass is 32.2. The van der Waals surface area contributed by atoms with Crippen LogP contribution in [0.5, 0.6) is 0 Å². The summed E-state index contributed by atoms with van der Waals surface area (Å²) in [6, 6.07) is 1.12. The Hall–Kier alpha value is -1.19. The van der Waals surface area contributed by atoms with Gasteiger partial charge in [-0.15, -0.1) is 0 Å². The van der Waals surface area contributed by atoms with Crippen LogP contribution in [0.3, 0.4) is 0 Å². The molecule has 1 heterocycles. The summed E-state index contributed by atoms with van der Waals surface area (Å²) < 4.78 is 27.0. The Kier molecular flexibility index (Phi) is 4.03. The predicted molar refractivity (Wildman–Crippen MR) is 77.7 cm³/mol. The predicted octanol–water partition coefficient (Wildman–Crippen LogP) is 2.31. The molecule has 0 aromatic carbocycles. The number of rotatable bonds is 7. The maximum Gasteiger partial charge on any atom is 0.304 e. The van der Waals surface area contributed by atoms with Gasteiger partial charge in [0.2, 0.25) is 0 Å². The first-order chi connectivity index (χ1) is 9.27. The first kappa shape index (κ1) is 15.2. The molecular weight excluding hydrogens is 302 g/mol. The molecule has 0 aliphatic heterocycles. The molecule has 1 saturated carbocycles.